The summed E-state index contributed by atoms with van der Waals surface area (Å²) in [6, 6.07) is 6.25. The molecule has 2 aliphatic rings. The van der Waals surface area contributed by atoms with Crippen LogP contribution in [0, 0.1) is 5.92 Å². The van der Waals surface area contributed by atoms with Crippen LogP contribution in [0.5, 0.6) is 11.5 Å². The highest BCUT2D eigenvalue weighted by molar-refractivity contribution is 5.70. The maximum absolute atomic E-state index is 5.82. The summed E-state index contributed by atoms with van der Waals surface area (Å²) in [5, 5.41) is 3.39. The predicted molar refractivity (Wildman–Crippen MR) is 72.1 cm³/mol. The molecule has 3 heteroatoms. The Morgan fingerprint density at radius 3 is 2.78 bits per heavy atom. The minimum Gasteiger partial charge on any atom is -0.489 e. The Hall–Kier alpha value is -1.48. The van der Waals surface area contributed by atoms with E-state index in [-0.39, 0.29) is 0 Å². The lowest BCUT2D eigenvalue weighted by Gasteiger charge is -2.16. The third-order valence-corrected chi connectivity index (χ3v) is 3.39. The lowest BCUT2D eigenvalue weighted by molar-refractivity contribution is 0.228. The second kappa shape index (κ2) is 5.02. The first-order valence-electron chi connectivity index (χ1n) is 6.63. The first kappa shape index (κ1) is 11.6. The SMILES string of the molecule is CC1COc2ccc(C3=CCCNC3)cc2OC1. The summed E-state index contributed by atoms with van der Waals surface area (Å²) >= 11 is 0. The average molecular weight is 245 g/mol. The van der Waals surface area contributed by atoms with Gasteiger partial charge in [0.15, 0.2) is 11.5 Å². The summed E-state index contributed by atoms with van der Waals surface area (Å²) in [5.41, 5.74) is 2.59. The van der Waals surface area contributed by atoms with Gasteiger partial charge >= 0.3 is 0 Å². The zero-order chi connectivity index (χ0) is 12.4. The molecule has 0 aliphatic carbocycles. The third-order valence-electron chi connectivity index (χ3n) is 3.39. The van der Waals surface area contributed by atoms with Gasteiger partial charge in [0.1, 0.15) is 0 Å². The number of fused-ring (bicyclic) bond motifs is 1. The van der Waals surface area contributed by atoms with E-state index in [1.165, 1.54) is 11.1 Å². The summed E-state index contributed by atoms with van der Waals surface area (Å²) in [5.74, 6) is 2.19. The minimum atomic E-state index is 0.441. The summed E-state index contributed by atoms with van der Waals surface area (Å²) in [4.78, 5) is 0. The Kier molecular flexibility index (Phi) is 3.24. The predicted octanol–water partition coefficient (Wildman–Crippen LogP) is 2.47. The van der Waals surface area contributed by atoms with Gasteiger partial charge in [0.05, 0.1) is 13.2 Å². The lowest BCUT2D eigenvalue weighted by Crippen LogP contribution is -2.21. The molecule has 0 radical (unpaired) electrons. The summed E-state index contributed by atoms with van der Waals surface area (Å²) in [6.45, 7) is 5.62. The molecule has 1 aromatic carbocycles. The van der Waals surface area contributed by atoms with Crippen LogP contribution in [0.25, 0.3) is 5.57 Å². The molecule has 0 aromatic heterocycles. The summed E-state index contributed by atoms with van der Waals surface area (Å²) < 4.78 is 11.6. The molecule has 0 amide bonds. The lowest BCUT2D eigenvalue weighted by atomic mass is 10.0. The maximum atomic E-state index is 5.82. The van der Waals surface area contributed by atoms with Gasteiger partial charge in [-0.2, -0.15) is 0 Å². The van der Waals surface area contributed by atoms with Crippen LogP contribution in [0.1, 0.15) is 18.9 Å². The van der Waals surface area contributed by atoms with Crippen LogP contribution in [-0.2, 0) is 0 Å². The van der Waals surface area contributed by atoms with Crippen LogP contribution >= 0.6 is 0 Å². The van der Waals surface area contributed by atoms with Crippen molar-refractivity contribution in [1.82, 2.24) is 5.32 Å². The molecule has 3 nitrogen and oxygen atoms in total. The van der Waals surface area contributed by atoms with E-state index in [1.807, 2.05) is 6.07 Å². The van der Waals surface area contributed by atoms with Crippen molar-refractivity contribution in [3.05, 3.63) is 29.8 Å². The molecule has 3 rings (SSSR count). The molecule has 0 fully saturated rings. The van der Waals surface area contributed by atoms with E-state index in [9.17, 15) is 0 Å². The Labute approximate surface area is 108 Å². The fraction of sp³-hybridized carbons (Fsp3) is 0.467. The van der Waals surface area contributed by atoms with E-state index >= 15 is 0 Å². The van der Waals surface area contributed by atoms with Gasteiger partial charge in [0, 0.05) is 12.5 Å². The molecular weight excluding hydrogens is 226 g/mol. The Morgan fingerprint density at radius 1 is 1.17 bits per heavy atom. The zero-order valence-electron chi connectivity index (χ0n) is 10.7. The van der Waals surface area contributed by atoms with Crippen LogP contribution in [0.3, 0.4) is 0 Å². The number of benzene rings is 1. The van der Waals surface area contributed by atoms with Crippen molar-refractivity contribution in [1.29, 1.82) is 0 Å². The van der Waals surface area contributed by atoms with Gasteiger partial charge in [-0.25, -0.2) is 0 Å². The average Bonchev–Trinajstić information content (AvgIpc) is 2.62. The van der Waals surface area contributed by atoms with Crippen LogP contribution < -0.4 is 14.8 Å². The summed E-state index contributed by atoms with van der Waals surface area (Å²) in [7, 11) is 0. The number of ether oxygens (including phenoxy) is 2. The van der Waals surface area contributed by atoms with Gasteiger partial charge in [-0.1, -0.05) is 19.1 Å². The number of hydrogen-bond donors (Lipinski definition) is 1. The van der Waals surface area contributed by atoms with Crippen LogP contribution in [-0.4, -0.2) is 26.3 Å². The van der Waals surface area contributed by atoms with E-state index < -0.39 is 0 Å². The maximum Gasteiger partial charge on any atom is 0.161 e. The van der Waals surface area contributed by atoms with Gasteiger partial charge in [0.25, 0.3) is 0 Å². The van der Waals surface area contributed by atoms with E-state index in [4.69, 9.17) is 9.47 Å². The Balaban J connectivity index is 1.88. The van der Waals surface area contributed by atoms with Gasteiger partial charge in [0.2, 0.25) is 0 Å². The van der Waals surface area contributed by atoms with Gasteiger partial charge in [-0.3, -0.25) is 0 Å². The molecule has 2 heterocycles. The van der Waals surface area contributed by atoms with Crippen LogP contribution in [0.15, 0.2) is 24.3 Å². The van der Waals surface area contributed by atoms with E-state index in [0.29, 0.717) is 5.92 Å². The molecule has 0 saturated heterocycles. The molecule has 18 heavy (non-hydrogen) atoms. The van der Waals surface area contributed by atoms with Crippen molar-refractivity contribution in [2.45, 2.75) is 13.3 Å². The normalized spacial score (nSPS) is 23.2. The van der Waals surface area contributed by atoms with Crippen molar-refractivity contribution in [2.75, 3.05) is 26.3 Å². The van der Waals surface area contributed by atoms with Crippen LogP contribution in [0.2, 0.25) is 0 Å². The highest BCUT2D eigenvalue weighted by Crippen LogP contribution is 2.33. The summed E-state index contributed by atoms with van der Waals surface area (Å²) in [6.07, 6.45) is 3.40. The third kappa shape index (κ3) is 2.36. The van der Waals surface area contributed by atoms with E-state index in [0.717, 1.165) is 44.2 Å². The molecule has 0 spiro atoms. The molecule has 96 valence electrons. The topological polar surface area (TPSA) is 30.5 Å². The van der Waals surface area contributed by atoms with Crippen molar-refractivity contribution in [3.63, 3.8) is 0 Å². The van der Waals surface area contributed by atoms with Crippen molar-refractivity contribution >= 4 is 5.57 Å². The number of nitrogens with one attached hydrogen (secondary N) is 1. The quantitative estimate of drug-likeness (QED) is 0.824. The number of hydrogen-bond acceptors (Lipinski definition) is 3. The Bertz CT molecular complexity index is 468. The highest BCUT2D eigenvalue weighted by atomic mass is 16.5. The fourth-order valence-corrected chi connectivity index (χ4v) is 2.32. The molecule has 0 saturated carbocycles. The smallest absolute Gasteiger partial charge is 0.161 e. The second-order valence-electron chi connectivity index (χ2n) is 5.08. The number of rotatable bonds is 1. The molecule has 2 aliphatic heterocycles. The van der Waals surface area contributed by atoms with Gasteiger partial charge in [-0.05, 0) is 36.2 Å². The molecule has 1 atom stereocenters. The fourth-order valence-electron chi connectivity index (χ4n) is 2.32. The first-order chi connectivity index (χ1) is 8.83. The van der Waals surface area contributed by atoms with Gasteiger partial charge in [-0.15, -0.1) is 0 Å². The molecule has 1 N–H and O–H groups in total. The van der Waals surface area contributed by atoms with Crippen molar-refractivity contribution < 1.29 is 9.47 Å². The Morgan fingerprint density at radius 2 is 2.00 bits per heavy atom. The largest absolute Gasteiger partial charge is 0.489 e. The monoisotopic (exact) mass is 245 g/mol. The highest BCUT2D eigenvalue weighted by Gasteiger charge is 2.16. The van der Waals surface area contributed by atoms with Crippen molar-refractivity contribution in [3.8, 4) is 11.5 Å². The molecule has 0 bridgehead atoms. The molecule has 1 unspecified atom stereocenters. The van der Waals surface area contributed by atoms with Gasteiger partial charge < -0.3 is 14.8 Å². The second-order valence-corrected chi connectivity index (χ2v) is 5.08. The molecule has 1 aromatic rings. The minimum absolute atomic E-state index is 0.441. The molecular formula is C15H19NO2. The zero-order valence-corrected chi connectivity index (χ0v) is 10.7. The van der Waals surface area contributed by atoms with E-state index in [2.05, 4.69) is 30.4 Å². The standard InChI is InChI=1S/C15H19NO2/c1-11-9-17-14-5-4-12(7-15(14)18-10-11)13-3-2-6-16-8-13/h3-5,7,11,16H,2,6,8-10H2,1H3. The van der Waals surface area contributed by atoms with E-state index in [1.54, 1.807) is 0 Å². The first-order valence-corrected chi connectivity index (χ1v) is 6.63. The van der Waals surface area contributed by atoms with Crippen molar-refractivity contribution in [2.24, 2.45) is 5.92 Å². The van der Waals surface area contributed by atoms with Crippen LogP contribution in [0.4, 0.5) is 0 Å².